The number of aromatic nitrogens is 4. The highest BCUT2D eigenvalue weighted by Gasteiger charge is 2.16. The van der Waals surface area contributed by atoms with Gasteiger partial charge in [0.1, 0.15) is 0 Å². The number of nitrogens with two attached hydrogens (primary N) is 1. The molecule has 21 heavy (non-hydrogen) atoms. The largest absolute Gasteiger partial charge is 0.396 e. The Bertz CT molecular complexity index is 764. The number of hydrogen-bond acceptors (Lipinski definition) is 5. The average molecular weight is 282 g/mol. The molecule has 6 nitrogen and oxygen atoms in total. The molecule has 108 valence electrons. The molecule has 1 unspecified atom stereocenters. The topological polar surface area (TPSA) is 72.3 Å². The monoisotopic (exact) mass is 282 g/mol. The Morgan fingerprint density at radius 1 is 1.19 bits per heavy atom. The van der Waals surface area contributed by atoms with E-state index in [1.807, 2.05) is 38.2 Å². The van der Waals surface area contributed by atoms with Crippen LogP contribution in [0.25, 0.3) is 5.65 Å². The van der Waals surface area contributed by atoms with Crippen molar-refractivity contribution < 1.29 is 0 Å². The summed E-state index contributed by atoms with van der Waals surface area (Å²) in [6, 6.07) is 12.3. The summed E-state index contributed by atoms with van der Waals surface area (Å²) in [5, 5.41) is 12.6. The first-order chi connectivity index (χ1) is 10.1. The third-order valence-corrected chi connectivity index (χ3v) is 3.77. The number of aryl methyl sites for hydroxylation is 1. The summed E-state index contributed by atoms with van der Waals surface area (Å²) in [6.45, 7) is 3.99. The van der Waals surface area contributed by atoms with Gasteiger partial charge in [0.15, 0.2) is 11.6 Å². The van der Waals surface area contributed by atoms with E-state index in [2.05, 4.69) is 39.3 Å². The quantitative estimate of drug-likeness (QED) is 0.797. The van der Waals surface area contributed by atoms with Gasteiger partial charge >= 0.3 is 0 Å². The van der Waals surface area contributed by atoms with Gasteiger partial charge in [0.25, 0.3) is 0 Å². The first-order valence-electron chi connectivity index (χ1n) is 6.84. The summed E-state index contributed by atoms with van der Waals surface area (Å²) in [5.74, 6) is 1.51. The molecule has 0 radical (unpaired) electrons. The van der Waals surface area contributed by atoms with Crippen molar-refractivity contribution in [1.82, 2.24) is 19.8 Å². The zero-order valence-corrected chi connectivity index (χ0v) is 12.4. The predicted molar refractivity (Wildman–Crippen MR) is 83.2 cm³/mol. The first-order valence-corrected chi connectivity index (χ1v) is 6.84. The van der Waals surface area contributed by atoms with Crippen molar-refractivity contribution in [3.63, 3.8) is 0 Å². The van der Waals surface area contributed by atoms with Crippen molar-refractivity contribution in [3.05, 3.63) is 47.8 Å². The van der Waals surface area contributed by atoms with Crippen LogP contribution in [-0.4, -0.2) is 26.9 Å². The zero-order valence-electron chi connectivity index (χ0n) is 12.4. The molecule has 0 saturated carbocycles. The van der Waals surface area contributed by atoms with Crippen molar-refractivity contribution >= 4 is 17.2 Å². The van der Waals surface area contributed by atoms with Gasteiger partial charge in [0.05, 0.1) is 11.7 Å². The molecule has 0 saturated heterocycles. The minimum Gasteiger partial charge on any atom is -0.396 e. The fourth-order valence-corrected chi connectivity index (χ4v) is 2.32. The normalized spacial score (nSPS) is 12.5. The standard InChI is InChI=1S/C15H18N6/c1-10(12-7-5-4-6-8-12)20(3)14-9-13(16)15-18-17-11(2)21(15)19-14/h4-10H,16H2,1-3H3. The average Bonchev–Trinajstić information content (AvgIpc) is 2.89. The second kappa shape index (κ2) is 5.05. The third kappa shape index (κ3) is 2.29. The van der Waals surface area contributed by atoms with E-state index in [-0.39, 0.29) is 6.04 Å². The highest BCUT2D eigenvalue weighted by molar-refractivity contribution is 5.67. The van der Waals surface area contributed by atoms with Gasteiger partial charge in [-0.05, 0) is 19.4 Å². The number of nitrogens with zero attached hydrogens (tertiary/aromatic N) is 5. The van der Waals surface area contributed by atoms with Crippen molar-refractivity contribution in [1.29, 1.82) is 0 Å². The lowest BCUT2D eigenvalue weighted by molar-refractivity contribution is 0.712. The van der Waals surface area contributed by atoms with Crippen molar-refractivity contribution in [2.45, 2.75) is 19.9 Å². The van der Waals surface area contributed by atoms with Crippen molar-refractivity contribution in [2.24, 2.45) is 0 Å². The van der Waals surface area contributed by atoms with E-state index in [0.717, 1.165) is 11.6 Å². The summed E-state index contributed by atoms with van der Waals surface area (Å²) >= 11 is 0. The Balaban J connectivity index is 2.01. The lowest BCUT2D eigenvalue weighted by Gasteiger charge is -2.26. The maximum absolute atomic E-state index is 6.06. The van der Waals surface area contributed by atoms with Gasteiger partial charge in [-0.1, -0.05) is 30.3 Å². The molecule has 0 fully saturated rings. The van der Waals surface area contributed by atoms with Crippen LogP contribution in [-0.2, 0) is 0 Å². The molecule has 0 bridgehead atoms. The molecule has 2 N–H and O–H groups in total. The summed E-state index contributed by atoms with van der Waals surface area (Å²) in [5.41, 5.74) is 8.45. The van der Waals surface area contributed by atoms with Gasteiger partial charge in [-0.25, -0.2) is 0 Å². The molecule has 1 atom stereocenters. The van der Waals surface area contributed by atoms with Crippen LogP contribution < -0.4 is 10.6 Å². The highest BCUT2D eigenvalue weighted by Crippen LogP contribution is 2.25. The van der Waals surface area contributed by atoms with E-state index in [0.29, 0.717) is 11.3 Å². The second-order valence-electron chi connectivity index (χ2n) is 5.14. The van der Waals surface area contributed by atoms with Gasteiger partial charge in [0, 0.05) is 13.1 Å². The number of fused-ring (bicyclic) bond motifs is 1. The smallest absolute Gasteiger partial charge is 0.200 e. The Hall–Kier alpha value is -2.63. The minimum absolute atomic E-state index is 0.187. The van der Waals surface area contributed by atoms with E-state index < -0.39 is 0 Å². The molecule has 0 aliphatic carbocycles. The zero-order chi connectivity index (χ0) is 15.0. The minimum atomic E-state index is 0.187. The lowest BCUT2D eigenvalue weighted by Crippen LogP contribution is -2.23. The molecule has 0 aliphatic rings. The van der Waals surface area contributed by atoms with Crippen LogP contribution in [0.4, 0.5) is 11.5 Å². The number of rotatable bonds is 3. The number of nitrogen functional groups attached to an aromatic ring is 1. The Morgan fingerprint density at radius 3 is 2.62 bits per heavy atom. The molecular weight excluding hydrogens is 264 g/mol. The maximum Gasteiger partial charge on any atom is 0.200 e. The molecule has 6 heteroatoms. The molecule has 2 aromatic heterocycles. The number of benzene rings is 1. The SMILES string of the molecule is Cc1nnc2c(N)cc(N(C)C(C)c3ccccc3)nn12. The molecule has 0 amide bonds. The van der Waals surface area contributed by atoms with E-state index in [4.69, 9.17) is 5.73 Å². The summed E-state index contributed by atoms with van der Waals surface area (Å²) in [6.07, 6.45) is 0. The lowest BCUT2D eigenvalue weighted by atomic mass is 10.1. The molecule has 1 aromatic carbocycles. The summed E-state index contributed by atoms with van der Waals surface area (Å²) in [7, 11) is 2.00. The Labute approximate surface area is 123 Å². The van der Waals surface area contributed by atoms with Crippen molar-refractivity contribution in [3.8, 4) is 0 Å². The number of anilines is 2. The molecule has 3 rings (SSSR count). The molecule has 3 aromatic rings. The molecule has 0 aliphatic heterocycles. The second-order valence-corrected chi connectivity index (χ2v) is 5.14. The summed E-state index contributed by atoms with van der Waals surface area (Å²) < 4.78 is 1.68. The van der Waals surface area contributed by atoms with E-state index in [1.165, 1.54) is 5.56 Å². The van der Waals surface area contributed by atoms with Crippen LogP contribution >= 0.6 is 0 Å². The van der Waals surface area contributed by atoms with Crippen LogP contribution in [0, 0.1) is 6.92 Å². The fraction of sp³-hybridized carbons (Fsp3) is 0.267. The van der Waals surface area contributed by atoms with Crippen LogP contribution in [0.5, 0.6) is 0 Å². The maximum atomic E-state index is 6.06. The van der Waals surface area contributed by atoms with Gasteiger partial charge in [-0.2, -0.15) is 4.52 Å². The van der Waals surface area contributed by atoms with Gasteiger partial charge < -0.3 is 10.6 Å². The summed E-state index contributed by atoms with van der Waals surface area (Å²) in [4.78, 5) is 2.09. The Kier molecular flexibility index (Phi) is 3.21. The fourth-order valence-electron chi connectivity index (χ4n) is 2.32. The van der Waals surface area contributed by atoms with Crippen LogP contribution in [0.3, 0.4) is 0 Å². The third-order valence-electron chi connectivity index (χ3n) is 3.77. The van der Waals surface area contributed by atoms with E-state index in [9.17, 15) is 0 Å². The number of hydrogen-bond donors (Lipinski definition) is 1. The van der Waals surface area contributed by atoms with Crippen LogP contribution in [0.1, 0.15) is 24.4 Å². The van der Waals surface area contributed by atoms with Gasteiger partial charge in [0.2, 0.25) is 5.65 Å². The van der Waals surface area contributed by atoms with Crippen molar-refractivity contribution in [2.75, 3.05) is 17.7 Å². The predicted octanol–water partition coefficient (Wildman–Crippen LogP) is 2.21. The highest BCUT2D eigenvalue weighted by atomic mass is 15.4. The molecule has 2 heterocycles. The molecule has 0 spiro atoms. The first kappa shape index (κ1) is 13.4. The van der Waals surface area contributed by atoms with E-state index in [1.54, 1.807) is 4.52 Å². The Morgan fingerprint density at radius 2 is 1.90 bits per heavy atom. The van der Waals surface area contributed by atoms with Gasteiger partial charge in [-0.15, -0.1) is 15.3 Å². The van der Waals surface area contributed by atoms with E-state index >= 15 is 0 Å². The van der Waals surface area contributed by atoms with Gasteiger partial charge in [-0.3, -0.25) is 0 Å². The van der Waals surface area contributed by atoms with Crippen LogP contribution in [0.2, 0.25) is 0 Å². The van der Waals surface area contributed by atoms with Crippen LogP contribution in [0.15, 0.2) is 36.4 Å². The molecular formula is C15H18N6.